The van der Waals surface area contributed by atoms with Gasteiger partial charge in [0.15, 0.2) is 5.78 Å². The number of Topliss-reactive ketones (excluding diaryl/α,β-unsaturated/α-hetero) is 1. The van der Waals surface area contributed by atoms with Gasteiger partial charge in [0.1, 0.15) is 5.60 Å². The van der Waals surface area contributed by atoms with Gasteiger partial charge < -0.3 is 4.74 Å². The SMILES string of the molecule is CCC(=O)C1(OC)CCCCC1C(C)(C)C. The third-order valence-electron chi connectivity index (χ3n) is 4.06. The number of ether oxygens (including phenoxy) is 1. The molecular formula is C14H26O2. The first kappa shape index (κ1) is 13.7. The molecule has 16 heavy (non-hydrogen) atoms. The van der Waals surface area contributed by atoms with Gasteiger partial charge in [-0.2, -0.15) is 0 Å². The van der Waals surface area contributed by atoms with Crippen LogP contribution in [0, 0.1) is 11.3 Å². The van der Waals surface area contributed by atoms with Crippen molar-refractivity contribution in [2.24, 2.45) is 11.3 Å². The summed E-state index contributed by atoms with van der Waals surface area (Å²) in [6, 6.07) is 0. The minimum atomic E-state index is -0.509. The lowest BCUT2D eigenvalue weighted by Gasteiger charge is -2.48. The highest BCUT2D eigenvalue weighted by Gasteiger charge is 2.50. The number of ketones is 1. The van der Waals surface area contributed by atoms with Crippen LogP contribution in [0.15, 0.2) is 0 Å². The van der Waals surface area contributed by atoms with Crippen molar-refractivity contribution in [3.8, 4) is 0 Å². The first-order chi connectivity index (χ1) is 7.38. The van der Waals surface area contributed by atoms with Crippen LogP contribution in [-0.2, 0) is 9.53 Å². The second kappa shape index (κ2) is 4.87. The van der Waals surface area contributed by atoms with Crippen LogP contribution in [0.2, 0.25) is 0 Å². The van der Waals surface area contributed by atoms with Gasteiger partial charge in [0.25, 0.3) is 0 Å². The summed E-state index contributed by atoms with van der Waals surface area (Å²) in [5.41, 5.74) is -0.369. The zero-order valence-electron chi connectivity index (χ0n) is 11.4. The topological polar surface area (TPSA) is 26.3 Å². The van der Waals surface area contributed by atoms with E-state index in [-0.39, 0.29) is 11.2 Å². The van der Waals surface area contributed by atoms with Crippen LogP contribution in [0.3, 0.4) is 0 Å². The highest BCUT2D eigenvalue weighted by Crippen LogP contribution is 2.47. The van der Waals surface area contributed by atoms with Crippen LogP contribution < -0.4 is 0 Å². The minimum absolute atomic E-state index is 0.140. The fourth-order valence-corrected chi connectivity index (χ4v) is 3.27. The number of carbonyl (C=O) groups excluding carboxylic acids is 1. The summed E-state index contributed by atoms with van der Waals surface area (Å²) in [6.07, 6.45) is 4.94. The Morgan fingerprint density at radius 2 is 2.00 bits per heavy atom. The molecule has 0 N–H and O–H groups in total. The van der Waals surface area contributed by atoms with Gasteiger partial charge in [0.05, 0.1) is 0 Å². The summed E-state index contributed by atoms with van der Waals surface area (Å²) in [6.45, 7) is 8.61. The molecule has 0 aliphatic heterocycles. The summed E-state index contributed by atoms with van der Waals surface area (Å²) in [5.74, 6) is 0.640. The standard InChI is InChI=1S/C14H26O2/c1-6-12(15)14(16-5)10-8-7-9-11(14)13(2,3)4/h11H,6-10H2,1-5H3. The van der Waals surface area contributed by atoms with E-state index in [1.54, 1.807) is 7.11 Å². The molecule has 2 atom stereocenters. The second-order valence-electron chi connectivity index (χ2n) is 6.03. The second-order valence-corrected chi connectivity index (χ2v) is 6.03. The molecule has 2 heteroatoms. The van der Waals surface area contributed by atoms with E-state index < -0.39 is 5.60 Å². The Kier molecular flexibility index (Phi) is 4.17. The van der Waals surface area contributed by atoms with E-state index in [2.05, 4.69) is 20.8 Å². The molecule has 1 rings (SSSR count). The van der Waals surface area contributed by atoms with Crippen LogP contribution >= 0.6 is 0 Å². The number of methoxy groups -OCH3 is 1. The van der Waals surface area contributed by atoms with Gasteiger partial charge in [-0.1, -0.05) is 40.5 Å². The zero-order chi connectivity index (χ0) is 12.4. The van der Waals surface area contributed by atoms with Gasteiger partial charge in [0, 0.05) is 13.5 Å². The van der Waals surface area contributed by atoms with E-state index in [9.17, 15) is 4.79 Å². The molecule has 2 nitrogen and oxygen atoms in total. The molecule has 1 fully saturated rings. The largest absolute Gasteiger partial charge is 0.370 e. The molecule has 1 saturated carbocycles. The van der Waals surface area contributed by atoms with Crippen LogP contribution in [0.4, 0.5) is 0 Å². The summed E-state index contributed by atoms with van der Waals surface area (Å²) in [7, 11) is 1.71. The lowest BCUT2D eigenvalue weighted by molar-refractivity contribution is -0.162. The average molecular weight is 226 g/mol. The Morgan fingerprint density at radius 3 is 2.44 bits per heavy atom. The normalized spacial score (nSPS) is 31.4. The molecule has 1 aliphatic carbocycles. The van der Waals surface area contributed by atoms with Crippen molar-refractivity contribution in [2.75, 3.05) is 7.11 Å². The van der Waals surface area contributed by atoms with E-state index in [0.29, 0.717) is 12.3 Å². The molecule has 0 aromatic carbocycles. The van der Waals surface area contributed by atoms with E-state index in [1.807, 2.05) is 6.92 Å². The van der Waals surface area contributed by atoms with Gasteiger partial charge >= 0.3 is 0 Å². The summed E-state index contributed by atoms with van der Waals surface area (Å²) in [5, 5.41) is 0. The lowest BCUT2D eigenvalue weighted by Crippen LogP contribution is -2.53. The van der Waals surface area contributed by atoms with E-state index in [0.717, 1.165) is 19.3 Å². The van der Waals surface area contributed by atoms with Crippen LogP contribution in [-0.4, -0.2) is 18.5 Å². The van der Waals surface area contributed by atoms with Gasteiger partial charge in [0.2, 0.25) is 0 Å². The maximum atomic E-state index is 12.3. The van der Waals surface area contributed by atoms with Crippen LogP contribution in [0.5, 0.6) is 0 Å². The summed E-state index contributed by atoms with van der Waals surface area (Å²) in [4.78, 5) is 12.3. The predicted molar refractivity (Wildman–Crippen MR) is 66.5 cm³/mol. The molecule has 0 saturated heterocycles. The number of hydrogen-bond acceptors (Lipinski definition) is 2. The van der Waals surface area contributed by atoms with Crippen molar-refractivity contribution < 1.29 is 9.53 Å². The molecule has 0 radical (unpaired) electrons. The van der Waals surface area contributed by atoms with E-state index >= 15 is 0 Å². The fraction of sp³-hybridized carbons (Fsp3) is 0.929. The van der Waals surface area contributed by atoms with Crippen molar-refractivity contribution in [2.45, 2.75) is 65.4 Å². The lowest BCUT2D eigenvalue weighted by atomic mass is 9.62. The number of hydrogen-bond donors (Lipinski definition) is 0. The highest BCUT2D eigenvalue weighted by molar-refractivity contribution is 5.87. The molecule has 0 aromatic heterocycles. The van der Waals surface area contributed by atoms with Gasteiger partial charge in [-0.3, -0.25) is 4.79 Å². The first-order valence-electron chi connectivity index (χ1n) is 6.47. The maximum Gasteiger partial charge on any atom is 0.164 e. The Morgan fingerprint density at radius 1 is 1.38 bits per heavy atom. The Hall–Kier alpha value is -0.370. The molecule has 0 amide bonds. The Bertz CT molecular complexity index is 252. The molecule has 0 heterocycles. The first-order valence-corrected chi connectivity index (χ1v) is 6.47. The van der Waals surface area contributed by atoms with Gasteiger partial charge in [-0.25, -0.2) is 0 Å². The van der Waals surface area contributed by atoms with E-state index in [4.69, 9.17) is 4.74 Å². The van der Waals surface area contributed by atoms with Gasteiger partial charge in [-0.05, 0) is 24.2 Å². The van der Waals surface area contributed by atoms with Crippen molar-refractivity contribution in [1.82, 2.24) is 0 Å². The molecule has 1 aliphatic rings. The van der Waals surface area contributed by atoms with E-state index in [1.165, 1.54) is 6.42 Å². The van der Waals surface area contributed by atoms with Crippen molar-refractivity contribution in [3.63, 3.8) is 0 Å². The molecule has 94 valence electrons. The number of carbonyl (C=O) groups is 1. The fourth-order valence-electron chi connectivity index (χ4n) is 3.27. The Labute approximate surface area is 99.8 Å². The monoisotopic (exact) mass is 226 g/mol. The molecular weight excluding hydrogens is 200 g/mol. The van der Waals surface area contributed by atoms with Crippen molar-refractivity contribution in [3.05, 3.63) is 0 Å². The average Bonchev–Trinajstić information content (AvgIpc) is 2.26. The van der Waals surface area contributed by atoms with Crippen molar-refractivity contribution >= 4 is 5.78 Å². The smallest absolute Gasteiger partial charge is 0.164 e. The van der Waals surface area contributed by atoms with Crippen LogP contribution in [0.25, 0.3) is 0 Å². The quantitative estimate of drug-likeness (QED) is 0.735. The molecule has 0 aromatic rings. The summed E-state index contributed by atoms with van der Waals surface area (Å²) < 4.78 is 5.72. The Balaban J connectivity index is 3.06. The van der Waals surface area contributed by atoms with Crippen LogP contribution in [0.1, 0.15) is 59.8 Å². The molecule has 2 unspecified atom stereocenters. The third kappa shape index (κ3) is 2.32. The summed E-state index contributed by atoms with van der Waals surface area (Å²) >= 11 is 0. The third-order valence-corrected chi connectivity index (χ3v) is 4.06. The predicted octanol–water partition coefficient (Wildman–Crippen LogP) is 3.59. The maximum absolute atomic E-state index is 12.3. The molecule has 0 bridgehead atoms. The molecule has 0 spiro atoms. The van der Waals surface area contributed by atoms with Crippen molar-refractivity contribution in [1.29, 1.82) is 0 Å². The number of rotatable bonds is 3. The van der Waals surface area contributed by atoms with Gasteiger partial charge in [-0.15, -0.1) is 0 Å². The minimum Gasteiger partial charge on any atom is -0.370 e. The zero-order valence-corrected chi connectivity index (χ0v) is 11.4. The highest BCUT2D eigenvalue weighted by atomic mass is 16.5.